The molecule has 4 N–H and O–H groups in total. The van der Waals surface area contributed by atoms with Gasteiger partial charge in [-0.25, -0.2) is 17.6 Å². The summed E-state index contributed by atoms with van der Waals surface area (Å²) in [6.07, 6.45) is 0.0445. The van der Waals surface area contributed by atoms with Crippen LogP contribution in [0.1, 0.15) is 40.5 Å². The van der Waals surface area contributed by atoms with Gasteiger partial charge in [-0.3, -0.25) is 0 Å². The average molecular weight is 484 g/mol. The zero-order valence-electron chi connectivity index (χ0n) is 18.1. The van der Waals surface area contributed by atoms with Crippen molar-refractivity contribution in [1.82, 2.24) is 0 Å². The highest BCUT2D eigenvalue weighted by molar-refractivity contribution is 5.43. The van der Waals surface area contributed by atoms with E-state index < -0.39 is 58.1 Å². The maximum absolute atomic E-state index is 14.3. The van der Waals surface area contributed by atoms with E-state index in [1.165, 1.54) is 24.3 Å². The van der Waals surface area contributed by atoms with Gasteiger partial charge in [0.1, 0.15) is 0 Å². The lowest BCUT2D eigenvalue weighted by Crippen LogP contribution is -2.11. The minimum atomic E-state index is -0.908. The summed E-state index contributed by atoms with van der Waals surface area (Å²) in [6.45, 7) is 0. The van der Waals surface area contributed by atoms with Crippen LogP contribution >= 0.6 is 0 Å². The van der Waals surface area contributed by atoms with Crippen LogP contribution in [-0.2, 0) is 0 Å². The molecule has 0 saturated heterocycles. The maximum Gasteiger partial charge on any atom is 0.165 e. The molecule has 0 heterocycles. The molecule has 4 nitrogen and oxygen atoms in total. The summed E-state index contributed by atoms with van der Waals surface area (Å²) in [5, 5.41) is 38.5. The number of halogens is 4. The van der Waals surface area contributed by atoms with Gasteiger partial charge in [0.05, 0.1) is 0 Å². The SMILES string of the molecule is Oc1ccc(C(CC(c2ccc(O)c(F)c2)c2ccc(O)c(F)c2)c2ccc(O)c(F)c2)cc1F. The Labute approximate surface area is 198 Å². The fourth-order valence-corrected chi connectivity index (χ4v) is 4.12. The first-order valence-electron chi connectivity index (χ1n) is 10.6. The second-order valence-electron chi connectivity index (χ2n) is 8.18. The summed E-state index contributed by atoms with van der Waals surface area (Å²) in [6, 6.07) is 14.7. The van der Waals surface area contributed by atoms with Crippen LogP contribution in [0.2, 0.25) is 0 Å². The number of rotatable bonds is 6. The van der Waals surface area contributed by atoms with Gasteiger partial charge in [-0.05, 0) is 77.2 Å². The standard InChI is InChI=1S/C27H20F4O4/c28-20-9-14(1-5-24(20)32)18(15-2-6-25(33)21(29)10-15)13-19(16-3-7-26(34)22(30)11-16)17-4-8-27(35)23(31)12-17/h1-12,18-19,32-35H,13H2. The molecular weight excluding hydrogens is 464 g/mol. The average Bonchev–Trinajstić information content (AvgIpc) is 2.82. The molecule has 0 atom stereocenters. The third kappa shape index (κ3) is 5.01. The summed E-state index contributed by atoms with van der Waals surface area (Å²) >= 11 is 0. The predicted molar refractivity (Wildman–Crippen MR) is 121 cm³/mol. The van der Waals surface area contributed by atoms with Crippen molar-refractivity contribution in [3.63, 3.8) is 0 Å². The molecule has 8 heteroatoms. The Morgan fingerprint density at radius 3 is 0.857 bits per heavy atom. The first-order chi connectivity index (χ1) is 16.6. The Morgan fingerprint density at radius 1 is 0.429 bits per heavy atom. The van der Waals surface area contributed by atoms with Crippen molar-refractivity contribution < 1.29 is 38.0 Å². The third-order valence-electron chi connectivity index (χ3n) is 5.97. The molecule has 0 spiro atoms. The van der Waals surface area contributed by atoms with Gasteiger partial charge in [-0.1, -0.05) is 24.3 Å². The lowest BCUT2D eigenvalue weighted by atomic mass is 9.78. The van der Waals surface area contributed by atoms with Crippen molar-refractivity contribution in [2.24, 2.45) is 0 Å². The van der Waals surface area contributed by atoms with Crippen LogP contribution in [0.5, 0.6) is 23.0 Å². The Hall–Kier alpha value is -4.20. The van der Waals surface area contributed by atoms with E-state index in [1.54, 1.807) is 0 Å². The topological polar surface area (TPSA) is 80.9 Å². The fraction of sp³-hybridized carbons (Fsp3) is 0.111. The molecule has 0 bridgehead atoms. The number of phenols is 4. The van der Waals surface area contributed by atoms with E-state index in [0.717, 1.165) is 48.5 Å². The first-order valence-corrected chi connectivity index (χ1v) is 10.6. The van der Waals surface area contributed by atoms with Crippen LogP contribution in [0.15, 0.2) is 72.8 Å². The lowest BCUT2D eigenvalue weighted by Gasteiger charge is -2.26. The van der Waals surface area contributed by atoms with E-state index in [2.05, 4.69) is 0 Å². The van der Waals surface area contributed by atoms with Gasteiger partial charge in [0.25, 0.3) is 0 Å². The molecule has 0 saturated carbocycles. The molecule has 0 unspecified atom stereocenters. The van der Waals surface area contributed by atoms with E-state index in [-0.39, 0.29) is 6.42 Å². The highest BCUT2D eigenvalue weighted by Crippen LogP contribution is 2.41. The summed E-state index contributed by atoms with van der Waals surface area (Å²) in [5.41, 5.74) is 1.37. The quantitative estimate of drug-likeness (QED) is 0.238. The highest BCUT2D eigenvalue weighted by Gasteiger charge is 2.26. The van der Waals surface area contributed by atoms with Gasteiger partial charge in [-0.2, -0.15) is 0 Å². The summed E-state index contributed by atoms with van der Waals surface area (Å²) in [7, 11) is 0. The van der Waals surface area contributed by atoms with Crippen LogP contribution in [0, 0.1) is 23.3 Å². The molecular formula is C27H20F4O4. The minimum Gasteiger partial charge on any atom is -0.505 e. The lowest BCUT2D eigenvalue weighted by molar-refractivity contribution is 0.429. The Morgan fingerprint density at radius 2 is 0.657 bits per heavy atom. The smallest absolute Gasteiger partial charge is 0.165 e. The second kappa shape index (κ2) is 9.58. The molecule has 0 fully saturated rings. The van der Waals surface area contributed by atoms with Crippen LogP contribution in [0.4, 0.5) is 17.6 Å². The van der Waals surface area contributed by atoms with Gasteiger partial charge < -0.3 is 20.4 Å². The number of phenolic OH excluding ortho intramolecular Hbond substituents is 4. The van der Waals surface area contributed by atoms with Gasteiger partial charge in [0.15, 0.2) is 46.3 Å². The molecule has 4 rings (SSSR count). The minimum absolute atomic E-state index is 0.0445. The summed E-state index contributed by atoms with van der Waals surface area (Å²) in [4.78, 5) is 0. The fourth-order valence-electron chi connectivity index (χ4n) is 4.12. The number of hydrogen-bond donors (Lipinski definition) is 4. The van der Waals surface area contributed by atoms with Crippen molar-refractivity contribution in [2.75, 3.05) is 0 Å². The van der Waals surface area contributed by atoms with Crippen molar-refractivity contribution in [1.29, 1.82) is 0 Å². The molecule has 4 aromatic rings. The van der Waals surface area contributed by atoms with Gasteiger partial charge in [0.2, 0.25) is 0 Å². The molecule has 0 aliphatic heterocycles. The molecule has 180 valence electrons. The van der Waals surface area contributed by atoms with Crippen LogP contribution in [0.25, 0.3) is 0 Å². The Bertz CT molecular complexity index is 1180. The number of hydrogen-bond acceptors (Lipinski definition) is 4. The monoisotopic (exact) mass is 484 g/mol. The number of aromatic hydroxyl groups is 4. The highest BCUT2D eigenvalue weighted by atomic mass is 19.1. The predicted octanol–water partition coefficient (Wildman–Crippen LogP) is 6.42. The summed E-state index contributed by atoms with van der Waals surface area (Å²) < 4.78 is 57.0. The maximum atomic E-state index is 14.3. The third-order valence-corrected chi connectivity index (χ3v) is 5.97. The number of benzene rings is 4. The largest absolute Gasteiger partial charge is 0.505 e. The first kappa shape index (κ1) is 23.9. The molecule has 0 amide bonds. The van der Waals surface area contributed by atoms with Gasteiger partial charge in [0, 0.05) is 11.8 Å². The molecule has 35 heavy (non-hydrogen) atoms. The van der Waals surface area contributed by atoms with Crippen molar-refractivity contribution in [2.45, 2.75) is 18.3 Å². The molecule has 0 aromatic heterocycles. The molecule has 4 aromatic carbocycles. The molecule has 0 aliphatic carbocycles. The van der Waals surface area contributed by atoms with E-state index >= 15 is 0 Å². The Balaban J connectivity index is 1.88. The van der Waals surface area contributed by atoms with Crippen LogP contribution in [-0.4, -0.2) is 20.4 Å². The zero-order chi connectivity index (χ0) is 25.3. The van der Waals surface area contributed by atoms with Gasteiger partial charge in [-0.15, -0.1) is 0 Å². The Kier molecular flexibility index (Phi) is 6.55. The van der Waals surface area contributed by atoms with Crippen molar-refractivity contribution in [3.8, 4) is 23.0 Å². The van der Waals surface area contributed by atoms with E-state index in [9.17, 15) is 38.0 Å². The normalized spacial score (nSPS) is 11.4. The molecule has 0 radical (unpaired) electrons. The van der Waals surface area contributed by atoms with Crippen LogP contribution in [0.3, 0.4) is 0 Å². The van der Waals surface area contributed by atoms with Crippen LogP contribution < -0.4 is 0 Å². The second-order valence-corrected chi connectivity index (χ2v) is 8.18. The van der Waals surface area contributed by atoms with E-state index in [4.69, 9.17) is 0 Å². The van der Waals surface area contributed by atoms with Crippen molar-refractivity contribution in [3.05, 3.63) is 118 Å². The van der Waals surface area contributed by atoms with E-state index in [1.807, 2.05) is 0 Å². The van der Waals surface area contributed by atoms with Gasteiger partial charge >= 0.3 is 0 Å². The zero-order valence-corrected chi connectivity index (χ0v) is 18.1. The van der Waals surface area contributed by atoms with Crippen molar-refractivity contribution >= 4 is 0 Å². The molecule has 0 aliphatic rings. The summed E-state index contributed by atoms with van der Waals surface area (Å²) in [5.74, 6) is -7.46. The van der Waals surface area contributed by atoms with E-state index in [0.29, 0.717) is 22.3 Å².